The van der Waals surface area contributed by atoms with Crippen molar-refractivity contribution in [2.24, 2.45) is 0 Å². The van der Waals surface area contributed by atoms with Crippen LogP contribution in [0.2, 0.25) is 0 Å². The van der Waals surface area contributed by atoms with Crippen LogP contribution >= 0.6 is 0 Å². The van der Waals surface area contributed by atoms with Gasteiger partial charge in [0.15, 0.2) is 5.76 Å². The molecule has 0 spiro atoms. The molecule has 0 fully saturated rings. The number of aromatic amines is 1. The van der Waals surface area contributed by atoms with E-state index < -0.39 is 0 Å². The van der Waals surface area contributed by atoms with Gasteiger partial charge in [-0.2, -0.15) is 0 Å². The predicted octanol–water partition coefficient (Wildman–Crippen LogP) is 3.08. The average molecular weight is 254 g/mol. The molecule has 4 heteroatoms. The fourth-order valence-electron chi connectivity index (χ4n) is 2.28. The van der Waals surface area contributed by atoms with Crippen molar-refractivity contribution in [2.45, 2.75) is 13.3 Å². The maximum atomic E-state index is 12.2. The Balaban J connectivity index is 1.93. The number of nitrogens with one attached hydrogen (secondary N) is 1. The van der Waals surface area contributed by atoms with Crippen molar-refractivity contribution in [3.05, 3.63) is 53.6 Å². The maximum Gasteiger partial charge on any atom is 0.204 e. The Labute approximate surface area is 110 Å². The molecule has 2 aromatic heterocycles. The third-order valence-electron chi connectivity index (χ3n) is 3.16. The summed E-state index contributed by atoms with van der Waals surface area (Å²) in [6.45, 7) is 1.78. The van der Waals surface area contributed by atoms with E-state index in [1.165, 1.54) is 0 Å². The number of para-hydroxylation sites is 1. The Hall–Kier alpha value is -2.49. The smallest absolute Gasteiger partial charge is 0.204 e. The van der Waals surface area contributed by atoms with Gasteiger partial charge in [-0.3, -0.25) is 4.79 Å². The number of carbonyl (C=O) groups is 1. The number of benzene rings is 1. The monoisotopic (exact) mass is 254 g/mol. The van der Waals surface area contributed by atoms with Gasteiger partial charge in [-0.25, -0.2) is 0 Å². The molecule has 3 N–H and O–H groups in total. The molecular formula is C15H14N2O2. The summed E-state index contributed by atoms with van der Waals surface area (Å²) in [6.07, 6.45) is 2.13. The Kier molecular flexibility index (Phi) is 2.63. The normalized spacial score (nSPS) is 11.0. The lowest BCUT2D eigenvalue weighted by atomic mass is 10.1. The molecule has 0 aliphatic rings. The fraction of sp³-hybridized carbons (Fsp3) is 0.133. The Morgan fingerprint density at radius 3 is 2.89 bits per heavy atom. The van der Waals surface area contributed by atoms with Crippen LogP contribution in [0.5, 0.6) is 0 Å². The largest absolute Gasteiger partial charge is 0.456 e. The third kappa shape index (κ3) is 2.01. The van der Waals surface area contributed by atoms with E-state index in [0.717, 1.165) is 16.5 Å². The Morgan fingerprint density at radius 1 is 1.37 bits per heavy atom. The zero-order valence-corrected chi connectivity index (χ0v) is 10.6. The highest BCUT2D eigenvalue weighted by Gasteiger charge is 2.17. The number of furan rings is 1. The van der Waals surface area contributed by atoms with Gasteiger partial charge in [-0.1, -0.05) is 18.2 Å². The standard InChI is InChI=1S/C15H14N2O2/c1-9-6-12(16)15(19-9)14(18)7-10-8-17-13-5-3-2-4-11(10)13/h2-6,8,17H,7,16H2,1H3. The van der Waals surface area contributed by atoms with Crippen molar-refractivity contribution in [3.8, 4) is 0 Å². The van der Waals surface area contributed by atoms with Crippen LogP contribution in [0.1, 0.15) is 21.9 Å². The molecule has 0 saturated carbocycles. The van der Waals surface area contributed by atoms with Crippen LogP contribution in [0.15, 0.2) is 40.9 Å². The molecule has 3 aromatic rings. The Bertz CT molecular complexity index is 752. The lowest BCUT2D eigenvalue weighted by molar-refractivity contribution is 0.0966. The SMILES string of the molecule is Cc1cc(N)c(C(=O)Cc2c[nH]c3ccccc23)o1. The second-order valence-corrected chi connectivity index (χ2v) is 4.60. The minimum absolute atomic E-state index is 0.102. The first kappa shape index (κ1) is 11.6. The minimum atomic E-state index is -0.102. The van der Waals surface area contributed by atoms with Gasteiger partial charge in [0.2, 0.25) is 5.78 Å². The summed E-state index contributed by atoms with van der Waals surface area (Å²) in [4.78, 5) is 15.4. The lowest BCUT2D eigenvalue weighted by Crippen LogP contribution is -2.04. The molecule has 0 amide bonds. The topological polar surface area (TPSA) is 72.0 Å². The third-order valence-corrected chi connectivity index (χ3v) is 3.16. The zero-order valence-electron chi connectivity index (χ0n) is 10.6. The summed E-state index contributed by atoms with van der Waals surface area (Å²) in [5, 5.41) is 1.05. The maximum absolute atomic E-state index is 12.2. The van der Waals surface area contributed by atoms with E-state index >= 15 is 0 Å². The van der Waals surface area contributed by atoms with Gasteiger partial charge in [0.05, 0.1) is 5.69 Å². The first-order valence-electron chi connectivity index (χ1n) is 6.09. The molecule has 0 saturated heterocycles. The van der Waals surface area contributed by atoms with Crippen LogP contribution in [-0.4, -0.2) is 10.8 Å². The molecule has 0 aliphatic heterocycles. The van der Waals surface area contributed by atoms with Crippen molar-refractivity contribution in [1.82, 2.24) is 4.98 Å². The summed E-state index contributed by atoms with van der Waals surface area (Å²) in [5.74, 6) is 0.804. The summed E-state index contributed by atoms with van der Waals surface area (Å²) >= 11 is 0. The number of ketones is 1. The van der Waals surface area contributed by atoms with E-state index in [1.54, 1.807) is 13.0 Å². The van der Waals surface area contributed by atoms with Crippen LogP contribution in [0.4, 0.5) is 5.69 Å². The van der Waals surface area contributed by atoms with Gasteiger partial charge in [0.1, 0.15) is 5.76 Å². The number of hydrogen-bond donors (Lipinski definition) is 2. The van der Waals surface area contributed by atoms with Gasteiger partial charge < -0.3 is 15.1 Å². The second-order valence-electron chi connectivity index (χ2n) is 4.60. The molecule has 1 aromatic carbocycles. The zero-order chi connectivity index (χ0) is 13.4. The van der Waals surface area contributed by atoms with E-state index in [0.29, 0.717) is 11.4 Å². The summed E-state index contributed by atoms with van der Waals surface area (Å²) in [6, 6.07) is 9.55. The van der Waals surface area contributed by atoms with E-state index in [1.807, 2.05) is 30.5 Å². The average Bonchev–Trinajstić information content (AvgIpc) is 2.94. The number of Topliss-reactive ketones (excluding diaryl/α,β-unsaturated/α-hetero) is 1. The molecular weight excluding hydrogens is 240 g/mol. The van der Waals surface area contributed by atoms with Crippen molar-refractivity contribution < 1.29 is 9.21 Å². The molecule has 4 nitrogen and oxygen atoms in total. The number of H-pyrrole nitrogens is 1. The van der Waals surface area contributed by atoms with Crippen LogP contribution in [-0.2, 0) is 6.42 Å². The molecule has 0 atom stereocenters. The van der Waals surface area contributed by atoms with Crippen LogP contribution < -0.4 is 5.73 Å². The highest BCUT2D eigenvalue weighted by molar-refractivity contribution is 6.01. The Morgan fingerprint density at radius 2 is 2.16 bits per heavy atom. The van der Waals surface area contributed by atoms with Crippen LogP contribution in [0.25, 0.3) is 10.9 Å². The van der Waals surface area contributed by atoms with E-state index in [-0.39, 0.29) is 18.0 Å². The quantitative estimate of drug-likeness (QED) is 0.705. The number of aromatic nitrogens is 1. The minimum Gasteiger partial charge on any atom is -0.456 e. The lowest BCUT2D eigenvalue weighted by Gasteiger charge is -1.98. The summed E-state index contributed by atoms with van der Waals surface area (Å²) in [7, 11) is 0. The van der Waals surface area contributed by atoms with E-state index in [2.05, 4.69) is 4.98 Å². The van der Waals surface area contributed by atoms with Crippen molar-refractivity contribution >= 4 is 22.4 Å². The molecule has 0 bridgehead atoms. The number of carbonyl (C=O) groups excluding carboxylic acids is 1. The van der Waals surface area contributed by atoms with E-state index in [9.17, 15) is 4.79 Å². The number of aryl methyl sites for hydroxylation is 1. The number of hydrogen-bond acceptors (Lipinski definition) is 3. The van der Waals surface area contributed by atoms with Crippen LogP contribution in [0, 0.1) is 6.92 Å². The van der Waals surface area contributed by atoms with Gasteiger partial charge >= 0.3 is 0 Å². The molecule has 0 unspecified atom stereocenters. The van der Waals surface area contributed by atoms with Crippen molar-refractivity contribution in [2.75, 3.05) is 5.73 Å². The highest BCUT2D eigenvalue weighted by atomic mass is 16.3. The summed E-state index contributed by atoms with van der Waals surface area (Å²) in [5.41, 5.74) is 8.14. The molecule has 0 radical (unpaired) electrons. The number of anilines is 1. The molecule has 96 valence electrons. The van der Waals surface area contributed by atoms with Gasteiger partial charge in [0.25, 0.3) is 0 Å². The fourth-order valence-corrected chi connectivity index (χ4v) is 2.28. The van der Waals surface area contributed by atoms with Crippen molar-refractivity contribution in [3.63, 3.8) is 0 Å². The highest BCUT2D eigenvalue weighted by Crippen LogP contribution is 2.22. The van der Waals surface area contributed by atoms with Gasteiger partial charge in [0, 0.05) is 29.6 Å². The number of fused-ring (bicyclic) bond motifs is 1. The molecule has 19 heavy (non-hydrogen) atoms. The van der Waals surface area contributed by atoms with Crippen molar-refractivity contribution in [1.29, 1.82) is 0 Å². The molecule has 3 rings (SSSR count). The molecule has 0 aliphatic carbocycles. The van der Waals surface area contributed by atoms with Gasteiger partial charge in [-0.15, -0.1) is 0 Å². The number of rotatable bonds is 3. The van der Waals surface area contributed by atoms with E-state index in [4.69, 9.17) is 10.2 Å². The van der Waals surface area contributed by atoms with Gasteiger partial charge in [-0.05, 0) is 18.6 Å². The summed E-state index contributed by atoms with van der Waals surface area (Å²) < 4.78 is 5.35. The second kappa shape index (κ2) is 4.31. The first-order chi connectivity index (χ1) is 9.15. The molecule has 2 heterocycles. The first-order valence-corrected chi connectivity index (χ1v) is 6.09. The predicted molar refractivity (Wildman–Crippen MR) is 74.2 cm³/mol. The van der Waals surface area contributed by atoms with Crippen LogP contribution in [0.3, 0.4) is 0 Å². The number of nitrogen functional groups attached to an aromatic ring is 1. The number of nitrogens with two attached hydrogens (primary N) is 1.